The number of esters is 1. The lowest BCUT2D eigenvalue weighted by atomic mass is 10.2. The number of hydrogen-bond donors (Lipinski definition) is 0. The first-order valence-electron chi connectivity index (χ1n) is 4.97. The van der Waals surface area contributed by atoms with Gasteiger partial charge in [0, 0.05) is 18.9 Å². The Hall–Kier alpha value is -1.64. The largest absolute Gasteiger partial charge is 0.455 e. The number of carbonyl (C=O) groups excluding carboxylic acids is 2. The number of rotatable bonds is 4. The smallest absolute Gasteiger partial charge is 0.331 e. The Morgan fingerprint density at radius 2 is 2.40 bits per heavy atom. The number of hydrogen-bond acceptors (Lipinski definition) is 3. The van der Waals surface area contributed by atoms with Gasteiger partial charge < -0.3 is 4.74 Å². The van der Waals surface area contributed by atoms with E-state index in [1.54, 1.807) is 24.3 Å². The van der Waals surface area contributed by atoms with Crippen LogP contribution in [0.4, 0.5) is 0 Å². The highest BCUT2D eigenvalue weighted by Gasteiger charge is 2.11. The summed E-state index contributed by atoms with van der Waals surface area (Å²) in [5.74, 6) is -0.232. The summed E-state index contributed by atoms with van der Waals surface area (Å²) < 4.78 is 4.99. The lowest BCUT2D eigenvalue weighted by Gasteiger charge is -2.13. The molecular weight excluding hydrogens is 192 g/mol. The SMILES string of the molecule is CCC(=O)C=CC=C[C@H]1CC=CC(=O)O1. The van der Waals surface area contributed by atoms with E-state index in [0.717, 1.165) is 0 Å². The average molecular weight is 206 g/mol. The summed E-state index contributed by atoms with van der Waals surface area (Å²) >= 11 is 0. The number of allylic oxidation sites excluding steroid dienone is 3. The average Bonchev–Trinajstić information content (AvgIpc) is 2.24. The maximum Gasteiger partial charge on any atom is 0.331 e. The molecule has 0 bridgehead atoms. The van der Waals surface area contributed by atoms with Gasteiger partial charge in [0.05, 0.1) is 0 Å². The minimum absolute atomic E-state index is 0.0835. The van der Waals surface area contributed by atoms with Crippen LogP contribution in [0.5, 0.6) is 0 Å². The summed E-state index contributed by atoms with van der Waals surface area (Å²) in [6, 6.07) is 0. The van der Waals surface area contributed by atoms with Crippen LogP contribution in [0, 0.1) is 0 Å². The van der Waals surface area contributed by atoms with Crippen molar-refractivity contribution in [2.45, 2.75) is 25.9 Å². The summed E-state index contributed by atoms with van der Waals surface area (Å²) in [5.41, 5.74) is 0. The van der Waals surface area contributed by atoms with Crippen LogP contribution in [0.3, 0.4) is 0 Å². The Balaban J connectivity index is 2.38. The Morgan fingerprint density at radius 1 is 1.60 bits per heavy atom. The van der Waals surface area contributed by atoms with Crippen molar-refractivity contribution >= 4 is 11.8 Å². The predicted octanol–water partition coefficient (Wildman–Crippen LogP) is 1.95. The van der Waals surface area contributed by atoms with Gasteiger partial charge in [-0.25, -0.2) is 4.79 Å². The second-order valence-corrected chi connectivity index (χ2v) is 3.18. The zero-order valence-corrected chi connectivity index (χ0v) is 8.68. The van der Waals surface area contributed by atoms with Gasteiger partial charge >= 0.3 is 5.97 Å². The number of carbonyl (C=O) groups is 2. The molecule has 0 radical (unpaired) electrons. The van der Waals surface area contributed by atoms with Crippen LogP contribution < -0.4 is 0 Å². The molecular formula is C12H14O3. The maximum absolute atomic E-state index is 10.9. The fraction of sp³-hybridized carbons (Fsp3) is 0.333. The molecule has 1 atom stereocenters. The van der Waals surface area contributed by atoms with Gasteiger partial charge in [0.1, 0.15) is 6.10 Å². The third-order valence-corrected chi connectivity index (χ3v) is 1.96. The molecule has 0 saturated carbocycles. The Labute approximate surface area is 89.1 Å². The van der Waals surface area contributed by atoms with Crippen LogP contribution in [0.15, 0.2) is 36.5 Å². The molecule has 1 aliphatic rings. The molecule has 0 aromatic heterocycles. The molecule has 0 aromatic carbocycles. The first kappa shape index (κ1) is 11.4. The van der Waals surface area contributed by atoms with Gasteiger partial charge in [-0.15, -0.1) is 0 Å². The van der Waals surface area contributed by atoms with Crippen LogP contribution in [0.1, 0.15) is 19.8 Å². The van der Waals surface area contributed by atoms with E-state index in [4.69, 9.17) is 4.74 Å². The topological polar surface area (TPSA) is 43.4 Å². The predicted molar refractivity (Wildman–Crippen MR) is 57.2 cm³/mol. The minimum atomic E-state index is -0.315. The lowest BCUT2D eigenvalue weighted by Crippen LogP contribution is -2.17. The van der Waals surface area contributed by atoms with E-state index >= 15 is 0 Å². The van der Waals surface area contributed by atoms with Crippen molar-refractivity contribution < 1.29 is 14.3 Å². The fourth-order valence-corrected chi connectivity index (χ4v) is 1.12. The quantitative estimate of drug-likeness (QED) is 0.401. The molecule has 3 heteroatoms. The van der Waals surface area contributed by atoms with Crippen molar-refractivity contribution in [3.05, 3.63) is 36.5 Å². The molecule has 3 nitrogen and oxygen atoms in total. The van der Waals surface area contributed by atoms with Crippen molar-refractivity contribution in [3.63, 3.8) is 0 Å². The zero-order chi connectivity index (χ0) is 11.1. The second-order valence-electron chi connectivity index (χ2n) is 3.18. The molecule has 0 saturated heterocycles. The Bertz CT molecular complexity index is 324. The van der Waals surface area contributed by atoms with Crippen molar-refractivity contribution in [2.24, 2.45) is 0 Å². The van der Waals surface area contributed by atoms with Crippen LogP contribution in [-0.4, -0.2) is 17.9 Å². The number of cyclic esters (lactones) is 1. The van der Waals surface area contributed by atoms with E-state index in [2.05, 4.69) is 0 Å². The van der Waals surface area contributed by atoms with E-state index in [-0.39, 0.29) is 17.9 Å². The van der Waals surface area contributed by atoms with Gasteiger partial charge in [-0.1, -0.05) is 25.2 Å². The maximum atomic E-state index is 10.9. The first-order chi connectivity index (χ1) is 7.22. The molecule has 0 unspecified atom stereocenters. The highest BCUT2D eigenvalue weighted by molar-refractivity contribution is 5.89. The standard InChI is InChI=1S/C12H14O3/c1-2-10(13)6-3-4-7-11-8-5-9-12(14)15-11/h3-7,9,11H,2,8H2,1H3/t11-/m0/s1. The van der Waals surface area contributed by atoms with Crippen molar-refractivity contribution in [1.29, 1.82) is 0 Å². The molecule has 0 amide bonds. The summed E-state index contributed by atoms with van der Waals surface area (Å²) in [7, 11) is 0. The highest BCUT2D eigenvalue weighted by Crippen LogP contribution is 2.08. The molecule has 0 N–H and O–H groups in total. The highest BCUT2D eigenvalue weighted by atomic mass is 16.5. The number of ether oxygens (including phenoxy) is 1. The van der Waals surface area contributed by atoms with E-state index in [1.807, 2.05) is 6.92 Å². The van der Waals surface area contributed by atoms with Crippen LogP contribution in [0.2, 0.25) is 0 Å². The normalized spacial score (nSPS) is 21.1. The molecule has 0 spiro atoms. The molecule has 1 rings (SSSR count). The second kappa shape index (κ2) is 5.96. The summed E-state index contributed by atoms with van der Waals surface area (Å²) in [6.45, 7) is 1.81. The fourth-order valence-electron chi connectivity index (χ4n) is 1.12. The molecule has 0 aliphatic carbocycles. The molecule has 1 aliphatic heterocycles. The van der Waals surface area contributed by atoms with Gasteiger partial charge in [0.2, 0.25) is 0 Å². The van der Waals surface area contributed by atoms with Gasteiger partial charge in [-0.05, 0) is 12.2 Å². The van der Waals surface area contributed by atoms with E-state index in [1.165, 1.54) is 12.2 Å². The van der Waals surface area contributed by atoms with Gasteiger partial charge in [-0.3, -0.25) is 4.79 Å². The zero-order valence-electron chi connectivity index (χ0n) is 8.68. The van der Waals surface area contributed by atoms with E-state index < -0.39 is 0 Å². The Kier molecular flexibility index (Phi) is 4.54. The van der Waals surface area contributed by atoms with E-state index in [0.29, 0.717) is 12.8 Å². The van der Waals surface area contributed by atoms with Crippen molar-refractivity contribution in [1.82, 2.24) is 0 Å². The Morgan fingerprint density at radius 3 is 3.07 bits per heavy atom. The van der Waals surface area contributed by atoms with E-state index in [9.17, 15) is 9.59 Å². The molecule has 15 heavy (non-hydrogen) atoms. The van der Waals surface area contributed by atoms with Gasteiger partial charge in [0.25, 0.3) is 0 Å². The molecule has 1 heterocycles. The van der Waals surface area contributed by atoms with Crippen LogP contribution in [-0.2, 0) is 14.3 Å². The minimum Gasteiger partial charge on any atom is -0.455 e. The first-order valence-corrected chi connectivity index (χ1v) is 4.97. The van der Waals surface area contributed by atoms with Gasteiger partial charge in [-0.2, -0.15) is 0 Å². The molecule has 0 aromatic rings. The summed E-state index contributed by atoms with van der Waals surface area (Å²) in [5, 5.41) is 0. The third-order valence-electron chi connectivity index (χ3n) is 1.96. The van der Waals surface area contributed by atoms with Crippen molar-refractivity contribution in [3.8, 4) is 0 Å². The third kappa shape index (κ3) is 4.40. The van der Waals surface area contributed by atoms with Crippen LogP contribution in [0.25, 0.3) is 0 Å². The summed E-state index contributed by atoms with van der Waals surface area (Å²) in [4.78, 5) is 21.7. The monoisotopic (exact) mass is 206 g/mol. The van der Waals surface area contributed by atoms with Gasteiger partial charge in [0.15, 0.2) is 5.78 Å². The molecule has 80 valence electrons. The molecule has 0 fully saturated rings. The lowest BCUT2D eigenvalue weighted by molar-refractivity contribution is -0.141. The van der Waals surface area contributed by atoms with Crippen LogP contribution >= 0.6 is 0 Å². The van der Waals surface area contributed by atoms with Crippen molar-refractivity contribution in [2.75, 3.05) is 0 Å². The number of ketones is 1. The summed E-state index contributed by atoms with van der Waals surface area (Å²) in [6.07, 6.45) is 10.9.